The van der Waals surface area contributed by atoms with Crippen LogP contribution in [0.3, 0.4) is 0 Å². The summed E-state index contributed by atoms with van der Waals surface area (Å²) in [4.78, 5) is 12.4. The van der Waals surface area contributed by atoms with Gasteiger partial charge in [0.15, 0.2) is 0 Å². The van der Waals surface area contributed by atoms with E-state index < -0.39 is 0 Å². The Labute approximate surface area is 146 Å². The second kappa shape index (κ2) is 6.51. The second-order valence-corrected chi connectivity index (χ2v) is 8.89. The Morgan fingerprint density at radius 2 is 1.88 bits per heavy atom. The fraction of sp³-hybridized carbons (Fsp3) is 0.667. The molecule has 3 nitrogen and oxygen atoms in total. The smallest absolute Gasteiger partial charge is 0.223 e. The molecule has 1 atom stereocenters. The van der Waals surface area contributed by atoms with Gasteiger partial charge in [-0.15, -0.1) is 0 Å². The van der Waals surface area contributed by atoms with E-state index in [2.05, 4.69) is 62.6 Å². The van der Waals surface area contributed by atoms with Crippen LogP contribution in [0.25, 0.3) is 0 Å². The van der Waals surface area contributed by atoms with Gasteiger partial charge in [-0.05, 0) is 48.4 Å². The summed E-state index contributed by atoms with van der Waals surface area (Å²) in [6, 6.07) is 9.09. The van der Waals surface area contributed by atoms with Crippen LogP contribution >= 0.6 is 0 Å². The van der Waals surface area contributed by atoms with Crippen molar-refractivity contribution in [3.8, 4) is 0 Å². The Kier molecular flexibility index (Phi) is 4.74. The van der Waals surface area contributed by atoms with Crippen molar-refractivity contribution in [1.29, 1.82) is 0 Å². The Bertz CT molecular complexity index is 577. The molecule has 24 heavy (non-hydrogen) atoms. The van der Waals surface area contributed by atoms with Crippen LogP contribution in [-0.4, -0.2) is 25.5 Å². The molecule has 1 saturated carbocycles. The van der Waals surface area contributed by atoms with E-state index >= 15 is 0 Å². The minimum absolute atomic E-state index is 0.117. The van der Waals surface area contributed by atoms with E-state index in [0.29, 0.717) is 5.92 Å². The minimum atomic E-state index is 0.117. The normalized spacial score (nSPS) is 21.5. The molecule has 2 fully saturated rings. The standard InChI is InChI=1S/C21H32N2O/c1-15(16-12-22-13-16)19(24)23-14-21(10-5-11-21)18-8-6-17(7-9-18)20(2,3)4/h6-9,15-16,22H,5,10-14H2,1-4H3,(H,23,24). The van der Waals surface area contributed by atoms with Crippen LogP contribution in [-0.2, 0) is 15.6 Å². The van der Waals surface area contributed by atoms with Gasteiger partial charge in [0.1, 0.15) is 0 Å². The lowest BCUT2D eigenvalue weighted by molar-refractivity contribution is -0.127. The molecular weight excluding hydrogens is 296 g/mol. The fourth-order valence-corrected chi connectivity index (χ4v) is 3.79. The highest BCUT2D eigenvalue weighted by molar-refractivity contribution is 5.79. The van der Waals surface area contributed by atoms with Gasteiger partial charge in [-0.2, -0.15) is 0 Å². The SMILES string of the molecule is CC(C(=O)NCC1(c2ccc(C(C)(C)C)cc2)CCC1)C1CNC1. The van der Waals surface area contributed by atoms with Gasteiger partial charge < -0.3 is 10.6 Å². The number of nitrogens with one attached hydrogen (secondary N) is 2. The molecule has 1 aromatic rings. The summed E-state index contributed by atoms with van der Waals surface area (Å²) in [7, 11) is 0. The molecule has 1 aliphatic carbocycles. The van der Waals surface area contributed by atoms with Crippen molar-refractivity contribution in [3.63, 3.8) is 0 Å². The van der Waals surface area contributed by atoms with Gasteiger partial charge in [0.25, 0.3) is 0 Å². The van der Waals surface area contributed by atoms with Crippen LogP contribution in [0, 0.1) is 11.8 Å². The number of hydrogen-bond acceptors (Lipinski definition) is 2. The monoisotopic (exact) mass is 328 g/mol. The molecule has 1 aromatic carbocycles. The molecule has 3 heteroatoms. The molecule has 2 N–H and O–H groups in total. The van der Waals surface area contributed by atoms with Crippen molar-refractivity contribution < 1.29 is 4.79 Å². The summed E-state index contributed by atoms with van der Waals surface area (Å²) >= 11 is 0. The molecule has 3 rings (SSSR count). The maximum absolute atomic E-state index is 12.4. The predicted octanol–water partition coefficient (Wildman–Crippen LogP) is 3.38. The van der Waals surface area contributed by atoms with E-state index in [0.717, 1.165) is 19.6 Å². The quantitative estimate of drug-likeness (QED) is 0.870. The van der Waals surface area contributed by atoms with E-state index in [-0.39, 0.29) is 22.7 Å². The second-order valence-electron chi connectivity index (χ2n) is 8.89. The zero-order valence-electron chi connectivity index (χ0n) is 15.6. The number of carbonyl (C=O) groups is 1. The third-order valence-electron chi connectivity index (χ3n) is 6.21. The highest BCUT2D eigenvalue weighted by Gasteiger charge is 2.39. The Balaban J connectivity index is 1.65. The number of carbonyl (C=O) groups excluding carboxylic acids is 1. The summed E-state index contributed by atoms with van der Waals surface area (Å²) in [5, 5.41) is 6.51. The third kappa shape index (κ3) is 3.37. The van der Waals surface area contributed by atoms with Crippen LogP contribution in [0.5, 0.6) is 0 Å². The molecule has 0 bridgehead atoms. The molecule has 2 aliphatic rings. The van der Waals surface area contributed by atoms with Crippen molar-refractivity contribution in [2.24, 2.45) is 11.8 Å². The van der Waals surface area contributed by atoms with Crippen LogP contribution in [0.1, 0.15) is 58.1 Å². The van der Waals surface area contributed by atoms with Gasteiger partial charge in [-0.3, -0.25) is 4.79 Å². The molecule has 1 aliphatic heterocycles. The first-order valence-corrected chi connectivity index (χ1v) is 9.41. The molecule has 1 heterocycles. The van der Waals surface area contributed by atoms with E-state index in [1.165, 1.54) is 30.4 Å². The van der Waals surface area contributed by atoms with Gasteiger partial charge >= 0.3 is 0 Å². The zero-order chi connectivity index (χ0) is 17.4. The fourth-order valence-electron chi connectivity index (χ4n) is 3.79. The minimum Gasteiger partial charge on any atom is -0.355 e. The first-order chi connectivity index (χ1) is 11.3. The van der Waals surface area contributed by atoms with Crippen LogP contribution in [0.4, 0.5) is 0 Å². The maximum atomic E-state index is 12.4. The molecule has 1 amide bonds. The first kappa shape index (κ1) is 17.5. The Morgan fingerprint density at radius 3 is 2.29 bits per heavy atom. The summed E-state index contributed by atoms with van der Waals surface area (Å²) in [6.07, 6.45) is 3.63. The number of amides is 1. The number of hydrogen-bond donors (Lipinski definition) is 2. The largest absolute Gasteiger partial charge is 0.355 e. The van der Waals surface area contributed by atoms with Crippen LogP contribution in [0.2, 0.25) is 0 Å². The summed E-state index contributed by atoms with van der Waals surface area (Å²) in [6.45, 7) is 11.5. The average Bonchev–Trinajstić information content (AvgIpc) is 2.43. The van der Waals surface area contributed by atoms with Gasteiger partial charge in [-0.25, -0.2) is 0 Å². The van der Waals surface area contributed by atoms with Gasteiger partial charge in [0.2, 0.25) is 5.91 Å². The summed E-state index contributed by atoms with van der Waals surface area (Å²) < 4.78 is 0. The number of rotatable bonds is 5. The highest BCUT2D eigenvalue weighted by atomic mass is 16.1. The zero-order valence-corrected chi connectivity index (χ0v) is 15.6. The molecule has 0 aromatic heterocycles. The lowest BCUT2D eigenvalue weighted by Gasteiger charge is -2.43. The third-order valence-corrected chi connectivity index (χ3v) is 6.21. The first-order valence-electron chi connectivity index (χ1n) is 9.41. The Hall–Kier alpha value is -1.35. The van der Waals surface area contributed by atoms with Crippen molar-refractivity contribution in [1.82, 2.24) is 10.6 Å². The average molecular weight is 329 g/mol. The molecule has 1 unspecified atom stereocenters. The summed E-state index contributed by atoms with van der Waals surface area (Å²) in [5.41, 5.74) is 3.10. The summed E-state index contributed by atoms with van der Waals surface area (Å²) in [5.74, 6) is 0.846. The van der Waals surface area contributed by atoms with Crippen LogP contribution < -0.4 is 10.6 Å². The number of benzene rings is 1. The lowest BCUT2D eigenvalue weighted by atomic mass is 9.64. The van der Waals surface area contributed by atoms with Crippen molar-refractivity contribution in [3.05, 3.63) is 35.4 Å². The predicted molar refractivity (Wildman–Crippen MR) is 99.2 cm³/mol. The van der Waals surface area contributed by atoms with Gasteiger partial charge in [0, 0.05) is 17.9 Å². The highest BCUT2D eigenvalue weighted by Crippen LogP contribution is 2.43. The molecular formula is C21H32N2O. The van der Waals surface area contributed by atoms with Crippen molar-refractivity contribution in [2.45, 2.75) is 57.8 Å². The topological polar surface area (TPSA) is 41.1 Å². The van der Waals surface area contributed by atoms with Crippen LogP contribution in [0.15, 0.2) is 24.3 Å². The van der Waals surface area contributed by atoms with Gasteiger partial charge in [0.05, 0.1) is 0 Å². The van der Waals surface area contributed by atoms with E-state index in [1.54, 1.807) is 0 Å². The lowest BCUT2D eigenvalue weighted by Crippen LogP contribution is -2.52. The van der Waals surface area contributed by atoms with E-state index in [1.807, 2.05) is 0 Å². The Morgan fingerprint density at radius 1 is 1.25 bits per heavy atom. The van der Waals surface area contributed by atoms with Crippen molar-refractivity contribution in [2.75, 3.05) is 19.6 Å². The maximum Gasteiger partial charge on any atom is 0.223 e. The molecule has 132 valence electrons. The molecule has 0 spiro atoms. The van der Waals surface area contributed by atoms with Crippen molar-refractivity contribution >= 4 is 5.91 Å². The molecule has 1 saturated heterocycles. The van der Waals surface area contributed by atoms with E-state index in [9.17, 15) is 4.79 Å². The molecule has 0 radical (unpaired) electrons. The van der Waals surface area contributed by atoms with Gasteiger partial charge in [-0.1, -0.05) is 58.4 Å². The van der Waals surface area contributed by atoms with E-state index in [4.69, 9.17) is 0 Å².